The van der Waals surface area contributed by atoms with Gasteiger partial charge in [-0.3, -0.25) is 37.9 Å². The van der Waals surface area contributed by atoms with Crippen molar-refractivity contribution in [2.75, 3.05) is 107 Å². The van der Waals surface area contributed by atoms with Crippen LogP contribution in [-0.4, -0.2) is 263 Å². The molecule has 12 heterocycles. The van der Waals surface area contributed by atoms with Crippen LogP contribution in [0.25, 0.3) is 89.7 Å². The van der Waals surface area contributed by atoms with Gasteiger partial charge in [0.2, 0.25) is 40.1 Å². The monoisotopic (exact) mass is 2080 g/mol. The molecule has 16 rings (SSSR count). The van der Waals surface area contributed by atoms with Crippen molar-refractivity contribution in [1.82, 2.24) is 117 Å². The Morgan fingerprint density at radius 3 is 0.896 bits per heavy atom. The second-order valence-electron chi connectivity index (χ2n) is 36.1. The van der Waals surface area contributed by atoms with Gasteiger partial charge in [-0.05, 0) is 256 Å². The lowest BCUT2D eigenvalue weighted by Crippen LogP contribution is -2.31. The maximum Gasteiger partial charge on any atom is 0.277 e. The van der Waals surface area contributed by atoms with Gasteiger partial charge in [-0.2, -0.15) is 20.4 Å². The van der Waals surface area contributed by atoms with Gasteiger partial charge in [0.25, 0.3) is 22.2 Å². The van der Waals surface area contributed by atoms with Gasteiger partial charge < -0.3 is 58.5 Å². The lowest BCUT2D eigenvalue weighted by atomic mass is 10.1. The predicted octanol–water partition coefficient (Wildman–Crippen LogP) is 11.3. The van der Waals surface area contributed by atoms with Crippen LogP contribution in [0.1, 0.15) is 230 Å². The second kappa shape index (κ2) is 49.9. The van der Waals surface area contributed by atoms with Crippen molar-refractivity contribution in [2.45, 2.75) is 253 Å². The van der Waals surface area contributed by atoms with Crippen molar-refractivity contribution in [1.29, 1.82) is 0 Å². The van der Waals surface area contributed by atoms with Gasteiger partial charge in [0, 0.05) is 101 Å². The summed E-state index contributed by atoms with van der Waals surface area (Å²) < 4.78 is 278. The van der Waals surface area contributed by atoms with Crippen LogP contribution in [-0.2, 0) is 93.6 Å². The Bertz CT molecular complexity index is 7990. The number of benzene rings is 4. The van der Waals surface area contributed by atoms with Crippen LogP contribution in [0.3, 0.4) is 0 Å². The van der Waals surface area contributed by atoms with Gasteiger partial charge in [0.05, 0.1) is 91.0 Å². The fraction of sp³-hybridized carbons (Fsp3) is 0.560. The highest BCUT2D eigenvalue weighted by Gasteiger charge is 2.32. The number of likely N-dealkylation sites (tertiary alicyclic amines) is 4. The maximum atomic E-state index is 13.4. The molecule has 0 bridgehead atoms. The van der Waals surface area contributed by atoms with Gasteiger partial charge in [-0.25, -0.2) is 72.5 Å². The fourth-order valence-corrected chi connectivity index (χ4v) is 21.9. The van der Waals surface area contributed by atoms with Crippen molar-refractivity contribution in [3.05, 3.63) is 137 Å². The summed E-state index contributed by atoms with van der Waals surface area (Å²) in [5, 5.41) is 16.4. The van der Waals surface area contributed by atoms with Gasteiger partial charge in [-0.1, -0.05) is 81.1 Å². The van der Waals surface area contributed by atoms with Crippen LogP contribution in [0.2, 0.25) is 0 Å². The lowest BCUT2D eigenvalue weighted by molar-refractivity contribution is 0.297. The van der Waals surface area contributed by atoms with Crippen molar-refractivity contribution in [3.8, 4) is 68.5 Å². The molecule has 4 aromatic carbocycles. The average Bonchev–Trinajstić information content (AvgIpc) is 1.58. The molecule has 5 unspecified atom stereocenters. The number of nitrogens with zero attached hydrogens (tertiary/aromatic N) is 16. The fourth-order valence-electron chi connectivity index (χ4n) is 17.8. The molecule has 8 N–H and O–H groups in total. The molecule has 0 spiro atoms. The van der Waals surface area contributed by atoms with Crippen LogP contribution in [0.5, 0.6) is 23.0 Å². The Labute approximate surface area is 866 Å². The van der Waals surface area contributed by atoms with Crippen LogP contribution < -0.4 is 60.1 Å². The second-order valence-corrected chi connectivity index (χ2v) is 43.0. The summed E-state index contributed by atoms with van der Waals surface area (Å²) in [6, 6.07) is 17.6. The molecule has 44 heteroatoms. The smallest absolute Gasteiger partial charge is 0.277 e. The number of rotatable bonds is 44. The first kappa shape index (κ1) is 88.3. The number of hydrogen-bond acceptors (Lipinski definition) is 28. The highest BCUT2D eigenvalue weighted by molar-refractivity contribution is 7.90. The van der Waals surface area contributed by atoms with E-state index < -0.39 is 115 Å². The third-order valence-electron chi connectivity index (χ3n) is 25.4. The lowest BCUT2D eigenvalue weighted by Gasteiger charge is -2.19. The summed E-state index contributed by atoms with van der Waals surface area (Å²) in [4.78, 5) is 89.5. The first-order valence-corrected chi connectivity index (χ1v) is 55.1. The van der Waals surface area contributed by atoms with Crippen LogP contribution in [0, 0.1) is 0 Å². The normalized spacial score (nSPS) is 19.2. The van der Waals surface area contributed by atoms with E-state index in [2.05, 4.69) is 93.9 Å². The SMILES string of the molecule is [2H]C(CC1CCCN1C)NS(=O)(=O)c1ccc(OCCC)c(-c2nc3c(CCC)nn(C([2H])([2H])[2H])c3c(=O)[nH]2)c1.[2H]C([2H])(CC)c1nn(C([2H])([2H])[2H])c2c(=O)[nH]c(-c3cc(S(=O)(=O)NCCC4CCCN4C)ccc3OCCC)nc12.[2H]C([2H])(CC1CCCN1C)NS(=O)(=O)c1ccc(OCCC)c(-c2nc3c(CCC)nn(C([2H])([2H])[2H])c3c(=O)[nH]2)c1.[2H]C([2H])([2H])n1nc(CCC)c2nc(-c3cc(S(=O)(=O)NCCC4CCCN4C)ccc3OCCC)[nH]c(=O)c21. The molecule has 4 fully saturated rings. The van der Waals surface area contributed by atoms with E-state index in [0.717, 1.165) is 82.2 Å². The number of nitrogens with one attached hydrogen (secondary N) is 8. The summed E-state index contributed by atoms with van der Waals surface area (Å²) in [5.41, 5.74) is -2.18. The Kier molecular flexibility index (Phi) is 30.6. The number of fused-ring (bicyclic) bond motifs is 4. The largest absolute Gasteiger partial charge is 0.493 e. The summed E-state index contributed by atoms with van der Waals surface area (Å²) in [6.45, 7) is 6.41. The van der Waals surface area contributed by atoms with Gasteiger partial charge in [0.1, 0.15) is 68.4 Å². The minimum absolute atomic E-state index is 0.00743. The van der Waals surface area contributed by atoms with E-state index in [-0.39, 0.29) is 152 Å². The van der Waals surface area contributed by atoms with E-state index in [1.165, 1.54) is 66.7 Å². The van der Waals surface area contributed by atoms with Crippen molar-refractivity contribution < 1.29 is 75.9 Å². The molecule has 5 atom stereocenters. The van der Waals surface area contributed by atoms with E-state index >= 15 is 0 Å². The first-order valence-electron chi connectivity index (χ1n) is 57.7. The molecule has 4 aliphatic rings. The molecule has 0 aliphatic carbocycles. The molecule has 784 valence electrons. The molecule has 0 radical (unpaired) electrons. The van der Waals surface area contributed by atoms with Crippen molar-refractivity contribution >= 4 is 84.2 Å². The number of sulfonamides is 4. The van der Waals surface area contributed by atoms with Crippen LogP contribution in [0.15, 0.2) is 112 Å². The standard InChI is InChI=1S/4C25H36N6O4S/c4*1-5-8-20-22-23(31(4)29-20)25(32)28-24(27-22)19-16-18(10-11-21(19)35-15-6-2)36(33,34)26-13-12-17-9-7-14-30(17)3/h4*10-11,16-17,26H,5-9,12-15H2,1-4H3,(H,27,28,32)/i4D3,13D2;4D3,13D;4D3,8D2;4D3. The van der Waals surface area contributed by atoms with Gasteiger partial charge in [-0.15, -0.1) is 0 Å². The number of ether oxygens (including phenoxy) is 4. The molecule has 0 saturated carbocycles. The zero-order valence-electron chi connectivity index (χ0n) is 100. The number of H-pyrrole nitrogens is 4. The Morgan fingerprint density at radius 2 is 0.625 bits per heavy atom. The minimum Gasteiger partial charge on any atom is -0.493 e. The number of aromatic amines is 4. The Balaban J connectivity index is 0.000000177. The molecule has 40 nitrogen and oxygen atoms in total. The summed E-state index contributed by atoms with van der Waals surface area (Å²) in [5.74, 6) is 1.14. The van der Waals surface area contributed by atoms with Crippen LogP contribution >= 0.6 is 0 Å². The Morgan fingerprint density at radius 1 is 0.354 bits per heavy atom. The van der Waals surface area contributed by atoms with Crippen LogP contribution in [0.4, 0.5) is 0 Å². The summed E-state index contributed by atoms with van der Waals surface area (Å²) in [7, 11) is -8.29. The third kappa shape index (κ3) is 26.5. The molecule has 8 aromatic heterocycles. The quantitative estimate of drug-likeness (QED) is 0.0176. The molecule has 4 aliphatic heterocycles. The van der Waals surface area contributed by atoms with E-state index in [9.17, 15) is 52.8 Å². The Hall–Kier alpha value is -11.0. The van der Waals surface area contributed by atoms with E-state index in [1.54, 1.807) is 13.0 Å². The van der Waals surface area contributed by atoms with Crippen molar-refractivity contribution in [2.24, 2.45) is 27.9 Å². The maximum absolute atomic E-state index is 13.4. The average molecular weight is 2080 g/mol. The summed E-state index contributed by atoms with van der Waals surface area (Å²) in [6.07, 6.45) is 13.3. The summed E-state index contributed by atoms with van der Waals surface area (Å²) >= 11 is 0. The number of aryl methyl sites for hydroxylation is 8. The van der Waals surface area contributed by atoms with Crippen molar-refractivity contribution in [3.63, 3.8) is 0 Å². The molecule has 12 aromatic rings. The van der Waals surface area contributed by atoms with E-state index in [4.69, 9.17) is 42.3 Å². The van der Waals surface area contributed by atoms with E-state index in [0.29, 0.717) is 171 Å². The first-order chi connectivity index (χ1) is 75.7. The van der Waals surface area contributed by atoms with Gasteiger partial charge >= 0.3 is 0 Å². The van der Waals surface area contributed by atoms with Gasteiger partial charge in [0.15, 0.2) is 22.1 Å². The number of aromatic nitrogens is 16. The minimum atomic E-state index is -4.34. The highest BCUT2D eigenvalue weighted by atomic mass is 32.2. The molecule has 4 saturated heterocycles. The topological polar surface area (TPSA) is 489 Å². The molecule has 0 amide bonds. The number of hydrogen-bond donors (Lipinski definition) is 8. The molecular weight excluding hydrogens is 1920 g/mol. The molecular formula is C100H144N24O16S4. The zero-order chi connectivity index (χ0) is 118. The predicted molar refractivity (Wildman–Crippen MR) is 559 cm³/mol. The third-order valence-corrected chi connectivity index (χ3v) is 31.0. The molecule has 144 heavy (non-hydrogen) atoms. The highest BCUT2D eigenvalue weighted by Crippen LogP contribution is 2.38. The van der Waals surface area contributed by atoms with E-state index in [1.807, 2.05) is 81.6 Å². The zero-order valence-corrected chi connectivity index (χ0v) is 86.7.